The lowest BCUT2D eigenvalue weighted by atomic mass is 10.0. The summed E-state index contributed by atoms with van der Waals surface area (Å²) in [5.41, 5.74) is 1.32. The lowest BCUT2D eigenvalue weighted by molar-refractivity contribution is 0.0924. The first-order valence-corrected chi connectivity index (χ1v) is 8.99. The van der Waals surface area contributed by atoms with E-state index in [1.54, 1.807) is 41.1 Å². The summed E-state index contributed by atoms with van der Waals surface area (Å²) in [7, 11) is 1.52. The minimum atomic E-state index is -0.374. The minimum absolute atomic E-state index is 0.158. The maximum atomic E-state index is 12.8. The molecular weight excluding hydrogens is 358 g/mol. The fourth-order valence-corrected chi connectivity index (χ4v) is 3.38. The maximum absolute atomic E-state index is 12.8. The molecule has 0 saturated heterocycles. The number of amides is 1. The number of hydrogen-bond acceptors (Lipinski definition) is 6. The second-order valence-corrected chi connectivity index (χ2v) is 6.45. The Hall–Kier alpha value is -3.55. The molecule has 0 fully saturated rings. The van der Waals surface area contributed by atoms with Crippen LogP contribution in [0.5, 0.6) is 5.75 Å². The molecule has 1 aromatic carbocycles. The number of carbonyl (C=O) groups is 1. The normalized spacial score (nSPS) is 15.5. The third-order valence-corrected chi connectivity index (χ3v) is 4.73. The number of methoxy groups -OCH3 is 1. The Morgan fingerprint density at radius 3 is 2.89 bits per heavy atom. The van der Waals surface area contributed by atoms with E-state index in [0.717, 1.165) is 6.42 Å². The van der Waals surface area contributed by atoms with Crippen molar-refractivity contribution >= 4 is 5.91 Å². The number of fused-ring (bicyclic) bond motifs is 1. The molecule has 1 aliphatic heterocycles. The van der Waals surface area contributed by atoms with Gasteiger partial charge in [-0.25, -0.2) is 15.0 Å². The molecule has 1 atom stereocenters. The minimum Gasteiger partial charge on any atom is -0.496 e. The van der Waals surface area contributed by atoms with Crippen molar-refractivity contribution in [3.05, 3.63) is 70.7 Å². The van der Waals surface area contributed by atoms with Gasteiger partial charge in [0.05, 0.1) is 30.1 Å². The van der Waals surface area contributed by atoms with Crippen LogP contribution in [0.15, 0.2) is 53.7 Å². The van der Waals surface area contributed by atoms with Gasteiger partial charge in [0.15, 0.2) is 0 Å². The van der Waals surface area contributed by atoms with Crippen LogP contribution in [-0.4, -0.2) is 32.5 Å². The number of nitrogens with one attached hydrogen (secondary N) is 1. The molecule has 0 aliphatic carbocycles. The van der Waals surface area contributed by atoms with Gasteiger partial charge in [-0.1, -0.05) is 12.1 Å². The number of para-hydroxylation sites is 1. The maximum Gasteiger partial charge on any atom is 0.255 e. The van der Waals surface area contributed by atoms with Crippen LogP contribution in [0.1, 0.15) is 35.1 Å². The first kappa shape index (κ1) is 17.8. The number of carbonyl (C=O) groups excluding carboxylic acids is 1. The summed E-state index contributed by atoms with van der Waals surface area (Å²) in [5.74, 6) is 0.768. The lowest BCUT2D eigenvalue weighted by Crippen LogP contribution is -2.38. The summed E-state index contributed by atoms with van der Waals surface area (Å²) in [5, 5.41) is 3.00. The summed E-state index contributed by atoms with van der Waals surface area (Å²) >= 11 is 0. The topological polar surface area (TPSA) is 99.0 Å². The molecule has 0 spiro atoms. The summed E-state index contributed by atoms with van der Waals surface area (Å²) < 4.78 is 6.89. The van der Waals surface area contributed by atoms with Crippen LogP contribution in [0.2, 0.25) is 0 Å². The van der Waals surface area contributed by atoms with Crippen molar-refractivity contribution in [1.82, 2.24) is 24.8 Å². The van der Waals surface area contributed by atoms with Crippen molar-refractivity contribution in [2.45, 2.75) is 25.4 Å². The number of rotatable bonds is 4. The van der Waals surface area contributed by atoms with Crippen LogP contribution in [0, 0.1) is 0 Å². The molecule has 3 heterocycles. The molecule has 1 amide bonds. The quantitative estimate of drug-likeness (QED) is 0.746. The van der Waals surface area contributed by atoms with E-state index in [9.17, 15) is 9.59 Å². The molecule has 8 heteroatoms. The average molecular weight is 377 g/mol. The molecule has 0 radical (unpaired) electrons. The van der Waals surface area contributed by atoms with Gasteiger partial charge < -0.3 is 10.1 Å². The Labute approximate surface area is 161 Å². The Kier molecular flexibility index (Phi) is 4.84. The fraction of sp³-hybridized carbons (Fsp3) is 0.250. The van der Waals surface area contributed by atoms with Gasteiger partial charge in [-0.3, -0.25) is 14.2 Å². The third-order valence-electron chi connectivity index (χ3n) is 4.73. The average Bonchev–Trinajstić information content (AvgIpc) is 2.74. The Morgan fingerprint density at radius 1 is 1.25 bits per heavy atom. The molecular formula is C20H19N5O3. The van der Waals surface area contributed by atoms with Crippen LogP contribution in [0.25, 0.3) is 11.4 Å². The highest BCUT2D eigenvalue weighted by Gasteiger charge is 2.26. The molecule has 0 bridgehead atoms. The smallest absolute Gasteiger partial charge is 0.255 e. The molecule has 28 heavy (non-hydrogen) atoms. The Bertz CT molecular complexity index is 1060. The number of benzene rings is 1. The number of ether oxygens (including phenoxy) is 1. The molecule has 1 N–H and O–H groups in total. The highest BCUT2D eigenvalue weighted by atomic mass is 16.5. The highest BCUT2D eigenvalue weighted by molar-refractivity contribution is 5.97. The van der Waals surface area contributed by atoms with Crippen LogP contribution in [-0.2, 0) is 6.54 Å². The van der Waals surface area contributed by atoms with Crippen molar-refractivity contribution in [3.8, 4) is 17.1 Å². The van der Waals surface area contributed by atoms with Crippen molar-refractivity contribution in [2.75, 3.05) is 7.11 Å². The SMILES string of the molecule is COc1ccccc1C(=O)NC1CCCn2c1nc(-c1ccncn1)cc2=O. The number of nitrogens with zero attached hydrogens (tertiary/aromatic N) is 4. The summed E-state index contributed by atoms with van der Waals surface area (Å²) in [4.78, 5) is 38.1. The molecule has 0 saturated carbocycles. The lowest BCUT2D eigenvalue weighted by Gasteiger charge is -2.27. The van der Waals surface area contributed by atoms with Crippen molar-refractivity contribution in [1.29, 1.82) is 0 Å². The molecule has 142 valence electrons. The van der Waals surface area contributed by atoms with Crippen LogP contribution < -0.4 is 15.6 Å². The van der Waals surface area contributed by atoms with Gasteiger partial charge in [-0.15, -0.1) is 0 Å². The summed E-state index contributed by atoms with van der Waals surface area (Å²) in [6.45, 7) is 0.576. The van der Waals surface area contributed by atoms with Gasteiger partial charge in [0.1, 0.15) is 17.9 Å². The highest BCUT2D eigenvalue weighted by Crippen LogP contribution is 2.25. The van der Waals surface area contributed by atoms with Crippen LogP contribution >= 0.6 is 0 Å². The number of aromatic nitrogens is 4. The van der Waals surface area contributed by atoms with E-state index in [0.29, 0.717) is 41.5 Å². The zero-order chi connectivity index (χ0) is 19.5. The molecule has 1 unspecified atom stereocenters. The molecule has 4 rings (SSSR count). The standard InChI is InChI=1S/C20H19N5O3/c1-28-17-7-3-2-5-13(17)20(27)24-15-6-4-10-25-18(26)11-16(23-19(15)25)14-8-9-21-12-22-14/h2-3,5,7-9,11-12,15H,4,6,10H2,1H3,(H,24,27). The van der Waals surface area contributed by atoms with E-state index >= 15 is 0 Å². The van der Waals surface area contributed by atoms with Gasteiger partial charge in [0.25, 0.3) is 11.5 Å². The zero-order valence-electron chi connectivity index (χ0n) is 15.3. The molecule has 8 nitrogen and oxygen atoms in total. The molecule has 3 aromatic rings. The van der Waals surface area contributed by atoms with E-state index in [1.165, 1.54) is 19.5 Å². The van der Waals surface area contributed by atoms with Gasteiger partial charge >= 0.3 is 0 Å². The second kappa shape index (κ2) is 7.59. The van der Waals surface area contributed by atoms with Crippen molar-refractivity contribution in [3.63, 3.8) is 0 Å². The van der Waals surface area contributed by atoms with E-state index in [2.05, 4.69) is 20.3 Å². The van der Waals surface area contributed by atoms with Gasteiger partial charge in [0, 0.05) is 18.8 Å². The van der Waals surface area contributed by atoms with Crippen LogP contribution in [0.3, 0.4) is 0 Å². The van der Waals surface area contributed by atoms with E-state index in [4.69, 9.17) is 4.74 Å². The number of hydrogen-bond donors (Lipinski definition) is 1. The van der Waals surface area contributed by atoms with E-state index in [1.807, 2.05) is 0 Å². The monoisotopic (exact) mass is 377 g/mol. The third kappa shape index (κ3) is 3.36. The second-order valence-electron chi connectivity index (χ2n) is 6.45. The zero-order valence-corrected chi connectivity index (χ0v) is 15.3. The van der Waals surface area contributed by atoms with Gasteiger partial charge in [-0.05, 0) is 31.0 Å². The van der Waals surface area contributed by atoms with Gasteiger partial charge in [-0.2, -0.15) is 0 Å². The fourth-order valence-electron chi connectivity index (χ4n) is 3.38. The van der Waals surface area contributed by atoms with Crippen molar-refractivity contribution < 1.29 is 9.53 Å². The van der Waals surface area contributed by atoms with E-state index < -0.39 is 0 Å². The van der Waals surface area contributed by atoms with Gasteiger partial charge in [0.2, 0.25) is 0 Å². The largest absolute Gasteiger partial charge is 0.496 e. The predicted octanol–water partition coefficient (Wildman–Crippen LogP) is 1.97. The first-order valence-electron chi connectivity index (χ1n) is 8.99. The predicted molar refractivity (Wildman–Crippen MR) is 102 cm³/mol. The van der Waals surface area contributed by atoms with Crippen LogP contribution in [0.4, 0.5) is 0 Å². The molecule has 2 aromatic heterocycles. The Morgan fingerprint density at radius 2 is 2.11 bits per heavy atom. The van der Waals surface area contributed by atoms with Crippen molar-refractivity contribution in [2.24, 2.45) is 0 Å². The summed E-state index contributed by atoms with van der Waals surface area (Å²) in [6, 6.07) is 9.82. The Balaban J connectivity index is 1.69. The summed E-state index contributed by atoms with van der Waals surface area (Å²) in [6.07, 6.45) is 4.48. The van der Waals surface area contributed by atoms with E-state index in [-0.39, 0.29) is 17.5 Å². The molecule has 1 aliphatic rings. The first-order chi connectivity index (χ1) is 13.7.